The largest absolute Gasteiger partial charge is 1.00 e. The summed E-state index contributed by atoms with van der Waals surface area (Å²) in [6.45, 7) is 5.23. The number of carbonyl (C=O) groups excluding carboxylic acids is 2. The Balaban J connectivity index is 0.00000324. The number of ether oxygens (including phenoxy) is 1. The molecular formula is C12H15LiN2O4. The second kappa shape index (κ2) is 7.17. The van der Waals surface area contributed by atoms with Crippen LogP contribution in [0.5, 0.6) is 0 Å². The molecule has 0 radical (unpaired) electrons. The van der Waals surface area contributed by atoms with Gasteiger partial charge >= 0.3 is 25.0 Å². The van der Waals surface area contributed by atoms with Gasteiger partial charge in [0, 0.05) is 18.1 Å². The Labute approximate surface area is 123 Å². The van der Waals surface area contributed by atoms with E-state index in [0.717, 1.165) is 0 Å². The monoisotopic (exact) mass is 258 g/mol. The summed E-state index contributed by atoms with van der Waals surface area (Å²) in [7, 11) is 0. The van der Waals surface area contributed by atoms with Crippen molar-refractivity contribution in [3.63, 3.8) is 0 Å². The Morgan fingerprint density at radius 1 is 1.37 bits per heavy atom. The van der Waals surface area contributed by atoms with Crippen LogP contribution >= 0.6 is 0 Å². The van der Waals surface area contributed by atoms with Crippen LogP contribution in [0.1, 0.15) is 26.5 Å². The van der Waals surface area contributed by atoms with Gasteiger partial charge in [0.25, 0.3) is 0 Å². The van der Waals surface area contributed by atoms with Crippen LogP contribution in [0.2, 0.25) is 0 Å². The van der Waals surface area contributed by atoms with Crippen molar-refractivity contribution in [2.75, 3.05) is 5.32 Å². The van der Waals surface area contributed by atoms with E-state index in [-0.39, 0.29) is 31.1 Å². The van der Waals surface area contributed by atoms with Crippen molar-refractivity contribution in [3.8, 4) is 0 Å². The van der Waals surface area contributed by atoms with E-state index in [9.17, 15) is 14.7 Å². The third-order valence-corrected chi connectivity index (χ3v) is 1.76. The summed E-state index contributed by atoms with van der Waals surface area (Å²) in [4.78, 5) is 25.8. The normalized spacial score (nSPS) is 10.3. The number of amides is 1. The summed E-state index contributed by atoms with van der Waals surface area (Å²) in [6, 6.07) is 4.68. The Bertz CT molecular complexity index is 457. The van der Waals surface area contributed by atoms with Crippen LogP contribution < -0.4 is 29.3 Å². The number of aliphatic carboxylic acids is 1. The minimum atomic E-state index is -1.23. The van der Waals surface area contributed by atoms with E-state index in [2.05, 4.69) is 10.3 Å². The van der Waals surface area contributed by atoms with Gasteiger partial charge in [0.05, 0.1) is 0 Å². The Hall–Kier alpha value is -1.51. The number of carboxylic acids is 1. The molecule has 1 aromatic heterocycles. The maximum absolute atomic E-state index is 11.5. The van der Waals surface area contributed by atoms with E-state index in [0.29, 0.717) is 5.69 Å². The Morgan fingerprint density at radius 2 is 2.00 bits per heavy atom. The first kappa shape index (κ1) is 17.5. The number of pyridine rings is 1. The quantitative estimate of drug-likeness (QED) is 0.617. The average Bonchev–Trinajstić information content (AvgIpc) is 2.13. The van der Waals surface area contributed by atoms with Crippen LogP contribution in [0.25, 0.3) is 0 Å². The van der Waals surface area contributed by atoms with E-state index in [4.69, 9.17) is 4.74 Å². The number of aromatic nitrogens is 1. The van der Waals surface area contributed by atoms with Gasteiger partial charge in [-0.25, -0.2) is 9.78 Å². The zero-order chi connectivity index (χ0) is 13.8. The zero-order valence-electron chi connectivity index (χ0n) is 11.5. The molecule has 98 valence electrons. The van der Waals surface area contributed by atoms with Crippen molar-refractivity contribution in [2.45, 2.75) is 32.8 Å². The molecule has 0 saturated heterocycles. The number of nitrogens with zero attached hydrogens (tertiary/aromatic N) is 1. The fourth-order valence-electron chi connectivity index (χ4n) is 1.20. The molecule has 1 rings (SSSR count). The van der Waals surface area contributed by atoms with Crippen LogP contribution in [0.4, 0.5) is 10.6 Å². The van der Waals surface area contributed by atoms with Crippen molar-refractivity contribution in [2.24, 2.45) is 0 Å². The number of hydrogen-bond donors (Lipinski definition) is 1. The first-order chi connectivity index (χ1) is 8.26. The van der Waals surface area contributed by atoms with Gasteiger partial charge < -0.3 is 14.6 Å². The second-order valence-corrected chi connectivity index (χ2v) is 4.69. The standard InChI is InChI=1S/C12H16N2O4.Li/c1-12(2,3)18-11(17)14-9-6-4-5-8(13-9)7-10(15)16;/h4-6H,7H2,1-3H3,(H,15,16)(H,13,14,17);/q;+1/p-1. The molecule has 0 aliphatic heterocycles. The molecule has 0 aliphatic rings. The van der Waals surface area contributed by atoms with Gasteiger partial charge in [-0.05, 0) is 32.9 Å². The summed E-state index contributed by atoms with van der Waals surface area (Å²) in [5, 5.41) is 12.9. The maximum atomic E-state index is 11.5. The molecule has 0 atom stereocenters. The van der Waals surface area contributed by atoms with Crippen molar-refractivity contribution in [1.82, 2.24) is 4.98 Å². The fraction of sp³-hybridized carbons (Fsp3) is 0.417. The number of carboxylic acid groups (broad SMARTS) is 1. The Morgan fingerprint density at radius 3 is 2.53 bits per heavy atom. The van der Waals surface area contributed by atoms with E-state index in [1.54, 1.807) is 32.9 Å². The van der Waals surface area contributed by atoms with Crippen molar-refractivity contribution >= 4 is 17.9 Å². The van der Waals surface area contributed by atoms with Crippen molar-refractivity contribution in [3.05, 3.63) is 23.9 Å². The smallest absolute Gasteiger partial charge is 0.550 e. The molecule has 1 heterocycles. The predicted molar refractivity (Wildman–Crippen MR) is 62.8 cm³/mol. The predicted octanol–water partition coefficient (Wildman–Crippen LogP) is -2.27. The molecule has 1 amide bonds. The van der Waals surface area contributed by atoms with Gasteiger partial charge in [0.1, 0.15) is 11.4 Å². The van der Waals surface area contributed by atoms with E-state index in [1.165, 1.54) is 6.07 Å². The molecule has 0 aliphatic carbocycles. The molecule has 19 heavy (non-hydrogen) atoms. The first-order valence-electron chi connectivity index (χ1n) is 5.42. The van der Waals surface area contributed by atoms with Gasteiger partial charge in [0.15, 0.2) is 0 Å². The summed E-state index contributed by atoms with van der Waals surface area (Å²) in [6.07, 6.45) is -0.940. The van der Waals surface area contributed by atoms with Crippen LogP contribution in [0, 0.1) is 0 Å². The van der Waals surface area contributed by atoms with Crippen molar-refractivity contribution < 1.29 is 38.3 Å². The van der Waals surface area contributed by atoms with Gasteiger partial charge in [-0.3, -0.25) is 5.32 Å². The van der Waals surface area contributed by atoms with Crippen LogP contribution in [0.15, 0.2) is 18.2 Å². The molecule has 0 fully saturated rings. The van der Waals surface area contributed by atoms with Crippen molar-refractivity contribution in [1.29, 1.82) is 0 Å². The number of nitrogens with one attached hydrogen (secondary N) is 1. The maximum Gasteiger partial charge on any atom is 1.00 e. The molecule has 0 spiro atoms. The van der Waals surface area contributed by atoms with Crippen LogP contribution in [-0.2, 0) is 16.0 Å². The molecule has 7 heteroatoms. The zero-order valence-corrected chi connectivity index (χ0v) is 11.5. The van der Waals surface area contributed by atoms with Gasteiger partial charge in [-0.15, -0.1) is 0 Å². The molecule has 6 nitrogen and oxygen atoms in total. The van der Waals surface area contributed by atoms with E-state index in [1.807, 2.05) is 0 Å². The molecule has 0 aromatic carbocycles. The minimum Gasteiger partial charge on any atom is -0.550 e. The number of hydrogen-bond acceptors (Lipinski definition) is 5. The van der Waals surface area contributed by atoms with Crippen LogP contribution in [0.3, 0.4) is 0 Å². The van der Waals surface area contributed by atoms with E-state index < -0.39 is 17.7 Å². The summed E-state index contributed by atoms with van der Waals surface area (Å²) >= 11 is 0. The average molecular weight is 258 g/mol. The number of carbonyl (C=O) groups is 2. The molecule has 0 saturated carbocycles. The van der Waals surface area contributed by atoms with Crippen LogP contribution in [-0.4, -0.2) is 22.6 Å². The molecule has 1 aromatic rings. The first-order valence-corrected chi connectivity index (χ1v) is 5.42. The number of rotatable bonds is 3. The summed E-state index contributed by atoms with van der Waals surface area (Å²) in [5.41, 5.74) is -0.296. The summed E-state index contributed by atoms with van der Waals surface area (Å²) < 4.78 is 5.04. The summed E-state index contributed by atoms with van der Waals surface area (Å²) in [5.74, 6) is -0.986. The fourth-order valence-corrected chi connectivity index (χ4v) is 1.20. The topological polar surface area (TPSA) is 91.3 Å². The number of anilines is 1. The molecule has 1 N–H and O–H groups in total. The van der Waals surface area contributed by atoms with Gasteiger partial charge in [-0.1, -0.05) is 6.07 Å². The van der Waals surface area contributed by atoms with Gasteiger partial charge in [0.2, 0.25) is 0 Å². The second-order valence-electron chi connectivity index (χ2n) is 4.69. The minimum absolute atomic E-state index is 0. The molecule has 0 unspecified atom stereocenters. The molecular weight excluding hydrogens is 243 g/mol. The third kappa shape index (κ3) is 7.49. The van der Waals surface area contributed by atoms with Gasteiger partial charge in [-0.2, -0.15) is 0 Å². The van der Waals surface area contributed by atoms with E-state index >= 15 is 0 Å². The SMILES string of the molecule is CC(C)(C)OC(=O)Nc1cccc(CC(=O)[O-])n1.[Li+]. The third-order valence-electron chi connectivity index (χ3n) is 1.76. The Kier molecular flexibility index (Phi) is 6.60. The molecule has 0 bridgehead atoms.